The lowest BCUT2D eigenvalue weighted by Gasteiger charge is -2.49. The van der Waals surface area contributed by atoms with E-state index in [0.717, 1.165) is 19.3 Å². The van der Waals surface area contributed by atoms with Crippen LogP contribution in [0.3, 0.4) is 0 Å². The quantitative estimate of drug-likeness (QED) is 0.730. The Kier molecular flexibility index (Phi) is 4.60. The molecule has 2 saturated heterocycles. The predicted molar refractivity (Wildman–Crippen MR) is 88.7 cm³/mol. The molecule has 0 aromatic heterocycles. The summed E-state index contributed by atoms with van der Waals surface area (Å²) in [7, 11) is 0. The van der Waals surface area contributed by atoms with Gasteiger partial charge in [-0.25, -0.2) is 0 Å². The molecule has 23 heavy (non-hydrogen) atoms. The van der Waals surface area contributed by atoms with Crippen LogP contribution in [0.5, 0.6) is 0 Å². The molecule has 4 unspecified atom stereocenters. The molecular weight excluding hydrogens is 292 g/mol. The fourth-order valence-electron chi connectivity index (χ4n) is 3.94. The van der Waals surface area contributed by atoms with E-state index in [2.05, 4.69) is 34.6 Å². The lowest BCUT2D eigenvalue weighted by Crippen LogP contribution is -2.58. The van der Waals surface area contributed by atoms with E-state index in [1.165, 1.54) is 0 Å². The molecular formula is C19H32O4. The summed E-state index contributed by atoms with van der Waals surface area (Å²) in [4.78, 5) is 24.8. The second-order valence-corrected chi connectivity index (χ2v) is 9.41. The van der Waals surface area contributed by atoms with E-state index >= 15 is 0 Å². The first-order valence-corrected chi connectivity index (χ1v) is 8.81. The molecule has 0 aromatic rings. The van der Waals surface area contributed by atoms with E-state index in [1.54, 1.807) is 0 Å². The Labute approximate surface area is 140 Å². The second kappa shape index (κ2) is 5.78. The minimum Gasteiger partial charge on any atom is -0.458 e. The zero-order valence-electron chi connectivity index (χ0n) is 15.7. The third kappa shape index (κ3) is 3.56. The molecule has 0 spiro atoms. The topological polar surface area (TPSA) is 52.6 Å². The second-order valence-electron chi connectivity index (χ2n) is 9.41. The molecule has 0 amide bonds. The number of rotatable bonds is 4. The monoisotopic (exact) mass is 324 g/mol. The normalized spacial score (nSPS) is 33.3. The van der Waals surface area contributed by atoms with Gasteiger partial charge in [-0.05, 0) is 44.4 Å². The average Bonchev–Trinajstić information content (AvgIpc) is 2.37. The number of ether oxygens (including phenoxy) is 2. The van der Waals surface area contributed by atoms with Crippen LogP contribution < -0.4 is 0 Å². The van der Waals surface area contributed by atoms with Crippen LogP contribution in [-0.2, 0) is 19.1 Å². The van der Waals surface area contributed by atoms with Gasteiger partial charge in [-0.15, -0.1) is 0 Å². The average molecular weight is 324 g/mol. The van der Waals surface area contributed by atoms with Crippen molar-refractivity contribution in [1.82, 2.24) is 0 Å². The van der Waals surface area contributed by atoms with Crippen molar-refractivity contribution in [2.45, 2.75) is 85.9 Å². The van der Waals surface area contributed by atoms with Gasteiger partial charge in [0.2, 0.25) is 0 Å². The summed E-state index contributed by atoms with van der Waals surface area (Å²) in [6, 6.07) is 0. The first-order chi connectivity index (χ1) is 10.4. The first kappa shape index (κ1) is 18.3. The molecule has 0 aromatic carbocycles. The van der Waals surface area contributed by atoms with E-state index < -0.39 is 11.0 Å². The summed E-state index contributed by atoms with van der Waals surface area (Å²) >= 11 is 0. The molecule has 3 aliphatic rings. The van der Waals surface area contributed by atoms with Gasteiger partial charge in [-0.1, -0.05) is 34.6 Å². The number of esters is 2. The Bertz CT molecular complexity index is 490. The highest BCUT2D eigenvalue weighted by atomic mass is 16.6. The van der Waals surface area contributed by atoms with E-state index in [-0.39, 0.29) is 35.3 Å². The molecule has 2 aliphatic heterocycles. The molecule has 1 saturated carbocycles. The largest absolute Gasteiger partial charge is 0.458 e. The van der Waals surface area contributed by atoms with E-state index in [0.29, 0.717) is 6.42 Å². The van der Waals surface area contributed by atoms with E-state index in [4.69, 9.17) is 9.47 Å². The van der Waals surface area contributed by atoms with Gasteiger partial charge in [0.05, 0.1) is 11.3 Å². The third-order valence-electron chi connectivity index (χ3n) is 5.72. The SMILES string of the molecule is CC(C)C(C)(CC(C)(C)C)C(=O)OC1CC2CCC1(C)OC2=O. The number of fused-ring (bicyclic) bond motifs is 3. The van der Waals surface area contributed by atoms with Crippen molar-refractivity contribution in [3.63, 3.8) is 0 Å². The third-order valence-corrected chi connectivity index (χ3v) is 5.72. The zero-order valence-corrected chi connectivity index (χ0v) is 15.7. The minimum atomic E-state index is -0.652. The summed E-state index contributed by atoms with van der Waals surface area (Å²) in [5.41, 5.74) is -1.14. The van der Waals surface area contributed by atoms with E-state index in [9.17, 15) is 9.59 Å². The van der Waals surface area contributed by atoms with Crippen molar-refractivity contribution in [2.24, 2.45) is 22.7 Å². The predicted octanol–water partition coefficient (Wildman–Crippen LogP) is 4.11. The van der Waals surface area contributed by atoms with Gasteiger partial charge in [0.15, 0.2) is 0 Å². The van der Waals surface area contributed by atoms with Gasteiger partial charge in [0.25, 0.3) is 0 Å². The first-order valence-electron chi connectivity index (χ1n) is 8.81. The van der Waals surface area contributed by atoms with Crippen molar-refractivity contribution < 1.29 is 19.1 Å². The Morgan fingerprint density at radius 2 is 1.96 bits per heavy atom. The smallest absolute Gasteiger partial charge is 0.312 e. The van der Waals surface area contributed by atoms with Gasteiger partial charge in [-0.2, -0.15) is 0 Å². The van der Waals surface area contributed by atoms with Crippen molar-refractivity contribution in [2.75, 3.05) is 0 Å². The van der Waals surface area contributed by atoms with Crippen LogP contribution in [0, 0.1) is 22.7 Å². The summed E-state index contributed by atoms with van der Waals surface area (Å²) < 4.78 is 11.5. The molecule has 3 fully saturated rings. The molecule has 4 nitrogen and oxygen atoms in total. The number of hydrogen-bond donors (Lipinski definition) is 0. The Morgan fingerprint density at radius 3 is 2.39 bits per heavy atom. The van der Waals surface area contributed by atoms with Crippen LogP contribution in [0.4, 0.5) is 0 Å². The molecule has 4 heteroatoms. The summed E-state index contributed by atoms with van der Waals surface area (Å²) in [5, 5.41) is 0. The van der Waals surface area contributed by atoms with Crippen molar-refractivity contribution >= 4 is 11.9 Å². The van der Waals surface area contributed by atoms with Crippen LogP contribution in [0.2, 0.25) is 0 Å². The van der Waals surface area contributed by atoms with Crippen LogP contribution in [0.15, 0.2) is 0 Å². The Balaban J connectivity index is 2.15. The number of hydrogen-bond acceptors (Lipinski definition) is 4. The standard InChI is InChI=1S/C19H32O4/c1-12(2)18(6,11-17(3,4)5)16(21)22-14-10-13-8-9-19(14,7)23-15(13)20/h12-14H,8-11H2,1-7H3. The van der Waals surface area contributed by atoms with E-state index in [1.807, 2.05) is 13.8 Å². The Hall–Kier alpha value is -1.06. The summed E-state index contributed by atoms with van der Waals surface area (Å²) in [6.07, 6.45) is 2.67. The zero-order chi connectivity index (χ0) is 17.6. The lowest BCUT2D eigenvalue weighted by molar-refractivity contribution is -0.223. The number of carbonyl (C=O) groups excluding carboxylic acids is 2. The molecule has 132 valence electrons. The maximum Gasteiger partial charge on any atom is 0.312 e. The van der Waals surface area contributed by atoms with Crippen molar-refractivity contribution in [1.29, 1.82) is 0 Å². The van der Waals surface area contributed by atoms with Gasteiger partial charge >= 0.3 is 11.9 Å². The van der Waals surface area contributed by atoms with Gasteiger partial charge in [0.1, 0.15) is 11.7 Å². The molecule has 2 bridgehead atoms. The maximum atomic E-state index is 13.0. The highest BCUT2D eigenvalue weighted by Gasteiger charge is 2.54. The highest BCUT2D eigenvalue weighted by molar-refractivity contribution is 5.78. The molecule has 4 atom stereocenters. The molecule has 2 heterocycles. The summed E-state index contributed by atoms with van der Waals surface area (Å²) in [6.45, 7) is 14.5. The van der Waals surface area contributed by atoms with Gasteiger partial charge < -0.3 is 9.47 Å². The van der Waals surface area contributed by atoms with Crippen molar-refractivity contribution in [3.8, 4) is 0 Å². The summed E-state index contributed by atoms with van der Waals surface area (Å²) in [5.74, 6) is -0.211. The maximum absolute atomic E-state index is 13.0. The van der Waals surface area contributed by atoms with Crippen LogP contribution in [0.25, 0.3) is 0 Å². The molecule has 1 aliphatic carbocycles. The van der Waals surface area contributed by atoms with Gasteiger partial charge in [-0.3, -0.25) is 9.59 Å². The lowest BCUT2D eigenvalue weighted by atomic mass is 9.68. The van der Waals surface area contributed by atoms with Crippen LogP contribution in [0.1, 0.15) is 74.1 Å². The highest BCUT2D eigenvalue weighted by Crippen LogP contribution is 2.46. The molecule has 0 radical (unpaired) electrons. The number of carbonyl (C=O) groups is 2. The molecule has 3 rings (SSSR count). The Morgan fingerprint density at radius 1 is 1.35 bits per heavy atom. The minimum absolute atomic E-state index is 0.0416. The van der Waals surface area contributed by atoms with Crippen molar-refractivity contribution in [3.05, 3.63) is 0 Å². The van der Waals surface area contributed by atoms with Gasteiger partial charge in [0, 0.05) is 6.42 Å². The fourth-order valence-corrected chi connectivity index (χ4v) is 3.94. The molecule has 0 N–H and O–H groups in total. The fraction of sp³-hybridized carbons (Fsp3) is 0.895. The van der Waals surface area contributed by atoms with Crippen LogP contribution >= 0.6 is 0 Å². The van der Waals surface area contributed by atoms with Crippen LogP contribution in [-0.4, -0.2) is 23.6 Å².